The van der Waals surface area contributed by atoms with E-state index in [1.807, 2.05) is 24.3 Å². The van der Waals surface area contributed by atoms with Crippen molar-refractivity contribution in [3.05, 3.63) is 62.8 Å². The highest BCUT2D eigenvalue weighted by Crippen LogP contribution is 2.41. The maximum atomic E-state index is 13.6. The summed E-state index contributed by atoms with van der Waals surface area (Å²) >= 11 is 13.6. The van der Waals surface area contributed by atoms with Crippen molar-refractivity contribution in [2.75, 3.05) is 45.9 Å². The number of hydrogen-bond acceptors (Lipinski definition) is 4. The Morgan fingerprint density at radius 3 is 2.13 bits per heavy atom. The van der Waals surface area contributed by atoms with Gasteiger partial charge in [-0.3, -0.25) is 9.59 Å². The summed E-state index contributed by atoms with van der Waals surface area (Å²) in [5.74, 6) is -0.0804. The van der Waals surface area contributed by atoms with Crippen LogP contribution in [0.5, 0.6) is 0 Å². The van der Waals surface area contributed by atoms with Gasteiger partial charge in [0.25, 0.3) is 5.91 Å². The van der Waals surface area contributed by atoms with Gasteiger partial charge in [0.2, 0.25) is 5.91 Å². The van der Waals surface area contributed by atoms with E-state index in [2.05, 4.69) is 38.8 Å². The molecule has 0 aromatic heterocycles. The lowest BCUT2D eigenvalue weighted by atomic mass is 9.92. The van der Waals surface area contributed by atoms with Gasteiger partial charge in [0, 0.05) is 40.2 Å². The van der Waals surface area contributed by atoms with Crippen LogP contribution in [0.4, 0.5) is 4.39 Å². The van der Waals surface area contributed by atoms with Crippen LogP contribution < -0.4 is 0 Å². The van der Waals surface area contributed by atoms with Gasteiger partial charge in [-0.15, -0.1) is 0 Å². The summed E-state index contributed by atoms with van der Waals surface area (Å²) in [7, 11) is -1.81. The van der Waals surface area contributed by atoms with E-state index in [1.54, 1.807) is 17.0 Å². The standard InChI is InChI=1S/C36H50Cl2FN3O4Si/c1-36(2,3)47(4,5)46-30-12-10-29(11-13-30)41-16-14-27(35(41)44)22-31-32(37)23-28(24-33(31)38)25-6-8-26(9-7-25)34(43)40-17-20-42(45,19-15-39)21-18-40/h6-9,23-24,27,29-30H,10-22H2,1-5H3/t27-,29?,30?/m0/s1. The zero-order valence-electron chi connectivity index (χ0n) is 28.5. The highest BCUT2D eigenvalue weighted by Gasteiger charge is 2.42. The van der Waals surface area contributed by atoms with E-state index in [0.29, 0.717) is 35.1 Å². The monoisotopic (exact) mass is 705 g/mol. The van der Waals surface area contributed by atoms with Crippen molar-refractivity contribution in [2.24, 2.45) is 5.92 Å². The predicted octanol–water partition coefficient (Wildman–Crippen LogP) is 8.12. The molecule has 0 radical (unpaired) electrons. The first kappa shape index (κ1) is 36.3. The van der Waals surface area contributed by atoms with E-state index in [-0.39, 0.29) is 54.6 Å². The number of piperazine rings is 1. The van der Waals surface area contributed by atoms with Crippen LogP contribution in [0, 0.1) is 11.1 Å². The second kappa shape index (κ2) is 14.5. The molecular formula is C36H50Cl2FN3O4Si. The largest absolute Gasteiger partial charge is 0.633 e. The third-order valence-corrected chi connectivity index (χ3v) is 16.3. The summed E-state index contributed by atoms with van der Waals surface area (Å²) < 4.78 is 18.8. The van der Waals surface area contributed by atoms with Crippen molar-refractivity contribution >= 4 is 43.3 Å². The smallest absolute Gasteiger partial charge is 0.254 e. The van der Waals surface area contributed by atoms with Gasteiger partial charge in [-0.1, -0.05) is 56.1 Å². The molecule has 2 aromatic carbocycles. The Kier molecular flexibility index (Phi) is 11.2. The number of carbonyl (C=O) groups is 2. The molecule has 0 N–H and O–H groups in total. The summed E-state index contributed by atoms with van der Waals surface area (Å²) in [6.07, 6.45) is 5.56. The molecule has 2 amide bonds. The molecule has 3 fully saturated rings. The van der Waals surface area contributed by atoms with E-state index in [0.717, 1.165) is 55.3 Å². The lowest BCUT2D eigenvalue weighted by Crippen LogP contribution is -2.58. The van der Waals surface area contributed by atoms with Crippen molar-refractivity contribution in [1.82, 2.24) is 9.80 Å². The first-order valence-electron chi connectivity index (χ1n) is 17.1. The van der Waals surface area contributed by atoms with E-state index in [9.17, 15) is 19.2 Å². The summed E-state index contributed by atoms with van der Waals surface area (Å²) in [6.45, 7) is 12.5. The predicted molar refractivity (Wildman–Crippen MR) is 190 cm³/mol. The number of nitrogens with zero attached hydrogens (tertiary/aromatic N) is 3. The number of hydrogen-bond donors (Lipinski definition) is 0. The Morgan fingerprint density at radius 2 is 1.57 bits per heavy atom. The first-order chi connectivity index (χ1) is 22.1. The third kappa shape index (κ3) is 8.24. The number of quaternary nitrogens is 1. The number of rotatable bonds is 9. The van der Waals surface area contributed by atoms with E-state index < -0.39 is 19.6 Å². The Morgan fingerprint density at radius 1 is 0.979 bits per heavy atom. The molecule has 258 valence electrons. The number of alkyl halides is 1. The molecule has 11 heteroatoms. The van der Waals surface area contributed by atoms with Crippen LogP contribution in [-0.4, -0.2) is 92.7 Å². The average molecular weight is 707 g/mol. The molecule has 5 rings (SSSR count). The van der Waals surface area contributed by atoms with Crippen LogP contribution in [-0.2, 0) is 15.6 Å². The van der Waals surface area contributed by atoms with Gasteiger partial charge in [0.05, 0.1) is 26.2 Å². The second-order valence-corrected chi connectivity index (χ2v) is 20.8. The number of benzene rings is 2. The fourth-order valence-corrected chi connectivity index (χ4v) is 9.06. The fraction of sp³-hybridized carbons (Fsp3) is 0.611. The van der Waals surface area contributed by atoms with Gasteiger partial charge in [-0.2, -0.15) is 0 Å². The fourth-order valence-electron chi connectivity index (χ4n) is 6.99. The SMILES string of the molecule is CC(C)(C)[Si](C)(C)OC1CCC(N2CC[C@@H](Cc3c(Cl)cc(-c4ccc(C(=O)N5CC[N+]([O-])(CCF)CC5)cc4)cc3Cl)C2=O)CC1. The van der Waals surface area contributed by atoms with Crippen LogP contribution >= 0.6 is 23.2 Å². The molecule has 1 saturated carbocycles. The Balaban J connectivity index is 1.16. The summed E-state index contributed by atoms with van der Waals surface area (Å²) in [6, 6.07) is 11.3. The third-order valence-electron chi connectivity index (χ3n) is 11.1. The van der Waals surface area contributed by atoms with Gasteiger partial charge in [0.15, 0.2) is 8.32 Å². The van der Waals surface area contributed by atoms with Crippen molar-refractivity contribution in [2.45, 2.75) is 89.6 Å². The number of hydroxylamine groups is 3. The Hall–Kier alpha value is -2.01. The molecule has 2 heterocycles. The zero-order chi connectivity index (χ0) is 34.1. The molecule has 3 aliphatic rings. The lowest BCUT2D eigenvalue weighted by molar-refractivity contribution is -0.884. The maximum absolute atomic E-state index is 13.6. The van der Waals surface area contributed by atoms with Crippen molar-refractivity contribution in [1.29, 1.82) is 0 Å². The van der Waals surface area contributed by atoms with Crippen LogP contribution in [0.2, 0.25) is 28.2 Å². The van der Waals surface area contributed by atoms with Crippen molar-refractivity contribution < 1.29 is 23.1 Å². The summed E-state index contributed by atoms with van der Waals surface area (Å²) in [5.41, 5.74) is 3.02. The second-order valence-electron chi connectivity index (χ2n) is 15.2. The van der Waals surface area contributed by atoms with E-state index >= 15 is 0 Å². The van der Waals surface area contributed by atoms with Crippen LogP contribution in [0.3, 0.4) is 0 Å². The molecule has 7 nitrogen and oxygen atoms in total. The van der Waals surface area contributed by atoms with E-state index in [4.69, 9.17) is 27.6 Å². The zero-order valence-corrected chi connectivity index (χ0v) is 31.0. The molecule has 1 aliphatic carbocycles. The number of carbonyl (C=O) groups excluding carboxylic acids is 2. The topological polar surface area (TPSA) is 72.9 Å². The first-order valence-corrected chi connectivity index (χ1v) is 20.8. The lowest BCUT2D eigenvalue weighted by Gasteiger charge is -2.47. The van der Waals surface area contributed by atoms with Crippen molar-refractivity contribution in [3.8, 4) is 11.1 Å². The Labute approximate surface area is 290 Å². The maximum Gasteiger partial charge on any atom is 0.254 e. The summed E-state index contributed by atoms with van der Waals surface area (Å²) in [4.78, 5) is 30.4. The minimum absolute atomic E-state index is 0.0645. The molecule has 47 heavy (non-hydrogen) atoms. The summed E-state index contributed by atoms with van der Waals surface area (Å²) in [5, 5.41) is 13.7. The minimum atomic E-state index is -1.81. The normalized spacial score (nSPS) is 23.8. The Bertz CT molecular complexity index is 1410. The van der Waals surface area contributed by atoms with Gasteiger partial charge in [-0.25, -0.2) is 4.39 Å². The van der Waals surface area contributed by atoms with Gasteiger partial charge in [0.1, 0.15) is 13.2 Å². The molecule has 0 spiro atoms. The molecule has 2 aromatic rings. The van der Waals surface area contributed by atoms with Crippen LogP contribution in [0.25, 0.3) is 11.1 Å². The van der Waals surface area contributed by atoms with Crippen molar-refractivity contribution in [3.63, 3.8) is 0 Å². The van der Waals surface area contributed by atoms with Crippen LogP contribution in [0.1, 0.15) is 68.8 Å². The van der Waals surface area contributed by atoms with E-state index in [1.165, 1.54) is 0 Å². The molecule has 2 saturated heterocycles. The quantitative estimate of drug-likeness (QED) is 0.150. The number of halogens is 3. The number of amides is 2. The number of likely N-dealkylation sites (tertiary alicyclic amines) is 1. The van der Waals surface area contributed by atoms with Gasteiger partial charge >= 0.3 is 0 Å². The van der Waals surface area contributed by atoms with Gasteiger partial charge in [-0.05, 0) is 97.6 Å². The van der Waals surface area contributed by atoms with Crippen LogP contribution in [0.15, 0.2) is 36.4 Å². The highest BCUT2D eigenvalue weighted by molar-refractivity contribution is 6.74. The average Bonchev–Trinajstić information content (AvgIpc) is 3.38. The molecule has 0 unspecified atom stereocenters. The van der Waals surface area contributed by atoms with Gasteiger partial charge < -0.3 is 24.1 Å². The highest BCUT2D eigenvalue weighted by atomic mass is 35.5. The minimum Gasteiger partial charge on any atom is -0.633 e. The molecular weight excluding hydrogens is 656 g/mol. The molecule has 2 aliphatic heterocycles. The molecule has 1 atom stereocenters. The molecule has 0 bridgehead atoms.